The molecule has 16 heavy (non-hydrogen) atoms. The number of rotatable bonds is 3. The van der Waals surface area contributed by atoms with Crippen molar-refractivity contribution in [2.45, 2.75) is 71.9 Å². The predicted molar refractivity (Wildman–Crippen MR) is 69.6 cm³/mol. The number of piperidine rings is 1. The third-order valence-electron chi connectivity index (χ3n) is 5.21. The summed E-state index contributed by atoms with van der Waals surface area (Å²) in [7, 11) is 0. The maximum absolute atomic E-state index is 10.4. The van der Waals surface area contributed by atoms with Crippen molar-refractivity contribution in [1.82, 2.24) is 4.90 Å². The first-order valence-corrected chi connectivity index (χ1v) is 6.58. The van der Waals surface area contributed by atoms with E-state index in [1.165, 1.54) is 32.4 Å². The molecule has 96 valence electrons. The van der Waals surface area contributed by atoms with E-state index in [0.717, 1.165) is 0 Å². The molecule has 1 N–H and O–H groups in total. The SMILES string of the molecule is CC(C)(O)C(C)(C)C(C)(C)N1CCCCC1. The first-order valence-electron chi connectivity index (χ1n) is 6.58. The molecule has 1 rings (SSSR count). The lowest BCUT2D eigenvalue weighted by atomic mass is 9.63. The molecule has 1 saturated heterocycles. The smallest absolute Gasteiger partial charge is 0.0659 e. The Morgan fingerprint density at radius 3 is 1.62 bits per heavy atom. The molecule has 2 nitrogen and oxygen atoms in total. The van der Waals surface area contributed by atoms with Gasteiger partial charge < -0.3 is 5.11 Å². The van der Waals surface area contributed by atoms with Gasteiger partial charge >= 0.3 is 0 Å². The van der Waals surface area contributed by atoms with Crippen LogP contribution in [0.25, 0.3) is 0 Å². The minimum absolute atomic E-state index is 0.0334. The van der Waals surface area contributed by atoms with Crippen molar-refractivity contribution in [3.05, 3.63) is 0 Å². The second-order valence-corrected chi connectivity index (χ2v) is 6.79. The molecule has 0 atom stereocenters. The molecule has 1 aliphatic heterocycles. The lowest BCUT2D eigenvalue weighted by Crippen LogP contribution is -2.62. The van der Waals surface area contributed by atoms with Gasteiger partial charge in [0.05, 0.1) is 5.60 Å². The van der Waals surface area contributed by atoms with E-state index < -0.39 is 5.60 Å². The number of likely N-dealkylation sites (tertiary alicyclic amines) is 1. The minimum Gasteiger partial charge on any atom is -0.390 e. The number of hydrogen-bond acceptors (Lipinski definition) is 2. The van der Waals surface area contributed by atoms with E-state index in [1.807, 2.05) is 13.8 Å². The van der Waals surface area contributed by atoms with Gasteiger partial charge in [-0.2, -0.15) is 0 Å². The number of aliphatic hydroxyl groups is 1. The fourth-order valence-electron chi connectivity index (χ4n) is 2.60. The normalized spacial score (nSPS) is 21.2. The zero-order chi connectivity index (χ0) is 12.6. The van der Waals surface area contributed by atoms with Crippen LogP contribution in [0.5, 0.6) is 0 Å². The third-order valence-corrected chi connectivity index (χ3v) is 5.21. The zero-order valence-electron chi connectivity index (χ0n) is 11.9. The summed E-state index contributed by atoms with van der Waals surface area (Å²) in [6.45, 7) is 15.1. The van der Waals surface area contributed by atoms with Crippen molar-refractivity contribution >= 4 is 0 Å². The molecule has 2 heteroatoms. The van der Waals surface area contributed by atoms with E-state index in [0.29, 0.717) is 0 Å². The van der Waals surface area contributed by atoms with Crippen LogP contribution in [0, 0.1) is 5.41 Å². The Morgan fingerprint density at radius 2 is 1.25 bits per heavy atom. The Kier molecular flexibility index (Phi) is 3.76. The highest BCUT2D eigenvalue weighted by molar-refractivity contribution is 5.03. The number of nitrogens with zero attached hydrogens (tertiary/aromatic N) is 1. The Labute approximate surface area is 101 Å². The summed E-state index contributed by atoms with van der Waals surface area (Å²) < 4.78 is 0. The van der Waals surface area contributed by atoms with Crippen LogP contribution in [-0.4, -0.2) is 34.2 Å². The first-order chi connectivity index (χ1) is 7.11. The van der Waals surface area contributed by atoms with Gasteiger partial charge in [0.15, 0.2) is 0 Å². The first kappa shape index (κ1) is 14.0. The van der Waals surface area contributed by atoms with E-state index in [2.05, 4.69) is 32.6 Å². The van der Waals surface area contributed by atoms with Crippen LogP contribution in [0.4, 0.5) is 0 Å². The van der Waals surface area contributed by atoms with Gasteiger partial charge in [-0.15, -0.1) is 0 Å². The van der Waals surface area contributed by atoms with Crippen LogP contribution in [0.3, 0.4) is 0 Å². The molecule has 0 aliphatic carbocycles. The van der Waals surface area contributed by atoms with Crippen molar-refractivity contribution in [3.63, 3.8) is 0 Å². The van der Waals surface area contributed by atoms with Crippen LogP contribution < -0.4 is 0 Å². The second kappa shape index (κ2) is 4.30. The third kappa shape index (κ3) is 2.28. The molecule has 0 unspecified atom stereocenters. The van der Waals surface area contributed by atoms with Crippen LogP contribution in [0.2, 0.25) is 0 Å². The lowest BCUT2D eigenvalue weighted by molar-refractivity contribution is -0.124. The molecule has 0 aromatic rings. The van der Waals surface area contributed by atoms with Crippen LogP contribution >= 0.6 is 0 Å². The van der Waals surface area contributed by atoms with Crippen molar-refractivity contribution in [2.24, 2.45) is 5.41 Å². The summed E-state index contributed by atoms with van der Waals surface area (Å²) in [5.41, 5.74) is -0.753. The van der Waals surface area contributed by atoms with E-state index in [4.69, 9.17) is 0 Å². The van der Waals surface area contributed by atoms with Crippen molar-refractivity contribution in [3.8, 4) is 0 Å². The van der Waals surface area contributed by atoms with Crippen LogP contribution in [0.1, 0.15) is 60.8 Å². The van der Waals surface area contributed by atoms with E-state index >= 15 is 0 Å². The second-order valence-electron chi connectivity index (χ2n) is 6.79. The molecule has 1 aliphatic rings. The highest BCUT2D eigenvalue weighted by Gasteiger charge is 2.50. The van der Waals surface area contributed by atoms with E-state index in [-0.39, 0.29) is 11.0 Å². The number of hydrogen-bond donors (Lipinski definition) is 1. The van der Waals surface area contributed by atoms with Gasteiger partial charge in [-0.1, -0.05) is 20.3 Å². The summed E-state index contributed by atoms with van der Waals surface area (Å²) >= 11 is 0. The summed E-state index contributed by atoms with van der Waals surface area (Å²) in [4.78, 5) is 2.55. The standard InChI is InChI=1S/C14H29NO/c1-12(2,14(5,6)16)13(3,4)15-10-8-7-9-11-15/h16H,7-11H2,1-6H3. The lowest BCUT2D eigenvalue weighted by Gasteiger charge is -2.55. The topological polar surface area (TPSA) is 23.5 Å². The fourth-order valence-corrected chi connectivity index (χ4v) is 2.60. The maximum atomic E-state index is 10.4. The maximum Gasteiger partial charge on any atom is 0.0659 e. The molecule has 0 radical (unpaired) electrons. The molecule has 0 bridgehead atoms. The van der Waals surface area contributed by atoms with Crippen LogP contribution in [0.15, 0.2) is 0 Å². The Hall–Kier alpha value is -0.0800. The Bertz CT molecular complexity index is 232. The largest absolute Gasteiger partial charge is 0.390 e. The monoisotopic (exact) mass is 227 g/mol. The summed E-state index contributed by atoms with van der Waals surface area (Å²) in [5.74, 6) is 0. The quantitative estimate of drug-likeness (QED) is 0.801. The molecule has 1 fully saturated rings. The zero-order valence-corrected chi connectivity index (χ0v) is 11.9. The molecule has 0 saturated carbocycles. The highest BCUT2D eigenvalue weighted by Crippen LogP contribution is 2.44. The molecular formula is C14H29NO. The molecule has 0 amide bonds. The summed E-state index contributed by atoms with van der Waals surface area (Å²) in [6.07, 6.45) is 3.95. The van der Waals surface area contributed by atoms with E-state index in [1.54, 1.807) is 0 Å². The van der Waals surface area contributed by atoms with Gasteiger partial charge in [0.2, 0.25) is 0 Å². The molecule has 0 spiro atoms. The van der Waals surface area contributed by atoms with E-state index in [9.17, 15) is 5.11 Å². The average molecular weight is 227 g/mol. The summed E-state index contributed by atoms with van der Waals surface area (Å²) in [6, 6.07) is 0. The van der Waals surface area contributed by atoms with Crippen molar-refractivity contribution in [2.75, 3.05) is 13.1 Å². The van der Waals surface area contributed by atoms with Crippen LogP contribution in [-0.2, 0) is 0 Å². The van der Waals surface area contributed by atoms with Gasteiger partial charge in [-0.3, -0.25) is 4.90 Å². The molecule has 0 aromatic carbocycles. The molecule has 0 aromatic heterocycles. The van der Waals surface area contributed by atoms with Crippen molar-refractivity contribution in [1.29, 1.82) is 0 Å². The molecule has 1 heterocycles. The van der Waals surface area contributed by atoms with Gasteiger partial charge in [0.25, 0.3) is 0 Å². The summed E-state index contributed by atoms with van der Waals surface area (Å²) in [5, 5.41) is 10.4. The van der Waals surface area contributed by atoms with Crippen molar-refractivity contribution < 1.29 is 5.11 Å². The van der Waals surface area contributed by atoms with Gasteiger partial charge in [-0.25, -0.2) is 0 Å². The predicted octanol–water partition coefficient (Wildman–Crippen LogP) is 3.05. The molecular weight excluding hydrogens is 198 g/mol. The Morgan fingerprint density at radius 1 is 0.812 bits per heavy atom. The van der Waals surface area contributed by atoms with Gasteiger partial charge in [0, 0.05) is 11.0 Å². The van der Waals surface area contributed by atoms with Gasteiger partial charge in [-0.05, 0) is 53.6 Å². The minimum atomic E-state index is -0.659. The highest BCUT2D eigenvalue weighted by atomic mass is 16.3. The Balaban J connectivity index is 2.90. The van der Waals surface area contributed by atoms with Gasteiger partial charge in [0.1, 0.15) is 0 Å². The fraction of sp³-hybridized carbons (Fsp3) is 1.00. The average Bonchev–Trinajstić information content (AvgIpc) is 2.17.